The Labute approximate surface area is 157 Å². The van der Waals surface area contributed by atoms with Crippen LogP contribution in [-0.2, 0) is 19.4 Å². The van der Waals surface area contributed by atoms with Crippen LogP contribution in [0.5, 0.6) is 0 Å². The molecule has 2 aromatic heterocycles. The molecule has 1 aliphatic heterocycles. The highest BCUT2D eigenvalue weighted by Gasteiger charge is 2.27. The van der Waals surface area contributed by atoms with Crippen LogP contribution >= 0.6 is 11.3 Å². The van der Waals surface area contributed by atoms with Crippen molar-refractivity contribution >= 4 is 21.6 Å². The molecule has 0 saturated carbocycles. The number of hydrogen-bond acceptors (Lipinski definition) is 3. The second-order valence-corrected chi connectivity index (χ2v) is 8.27. The first kappa shape index (κ1) is 17.4. The minimum Gasteiger partial charge on any atom is -1.00 e. The fourth-order valence-electron chi connectivity index (χ4n) is 4.08. The number of aromatic amines is 1. The lowest BCUT2D eigenvalue weighted by Gasteiger charge is -2.37. The molecule has 126 valence electrons. The molecule has 4 nitrogen and oxygen atoms in total. The van der Waals surface area contributed by atoms with E-state index in [4.69, 9.17) is 4.98 Å². The van der Waals surface area contributed by atoms with E-state index in [1.165, 1.54) is 55.6 Å². The van der Waals surface area contributed by atoms with Crippen molar-refractivity contribution in [1.82, 2.24) is 9.97 Å². The first-order valence-electron chi connectivity index (χ1n) is 8.52. The quantitative estimate of drug-likeness (QED) is 0.523. The summed E-state index contributed by atoms with van der Waals surface area (Å²) >= 11 is 1.75. The Morgan fingerprint density at radius 2 is 1.87 bits per heavy atom. The summed E-state index contributed by atoms with van der Waals surface area (Å²) in [4.78, 5) is 22.9. The molecule has 0 atom stereocenters. The topological polar surface area (TPSA) is 45.8 Å². The van der Waals surface area contributed by atoms with E-state index in [1.54, 1.807) is 11.3 Å². The van der Waals surface area contributed by atoms with Crippen molar-refractivity contribution in [3.05, 3.63) is 26.6 Å². The summed E-state index contributed by atoms with van der Waals surface area (Å²) < 4.78 is 1.01. The van der Waals surface area contributed by atoms with Gasteiger partial charge in [-0.3, -0.25) is 4.79 Å². The van der Waals surface area contributed by atoms with Crippen LogP contribution in [0, 0.1) is 0 Å². The summed E-state index contributed by atoms with van der Waals surface area (Å²) in [6.07, 6.45) is 8.54. The number of likely N-dealkylation sites (tertiary alicyclic amines) is 1. The summed E-state index contributed by atoms with van der Waals surface area (Å²) in [7, 11) is 2.29. The Morgan fingerprint density at radius 3 is 2.65 bits per heavy atom. The molecule has 4 rings (SSSR count). The highest BCUT2D eigenvalue weighted by atomic mass is 127. The average molecular weight is 445 g/mol. The largest absolute Gasteiger partial charge is 1.00 e. The van der Waals surface area contributed by atoms with Crippen LogP contribution in [0.15, 0.2) is 4.79 Å². The number of H-pyrrole nitrogens is 1. The Balaban J connectivity index is 0.00000156. The van der Waals surface area contributed by atoms with Gasteiger partial charge in [-0.05, 0) is 50.5 Å². The number of aryl methyl sites for hydroxylation is 2. The maximum absolute atomic E-state index is 12.6. The molecule has 0 radical (unpaired) electrons. The van der Waals surface area contributed by atoms with Crippen LogP contribution in [0.25, 0.3) is 10.2 Å². The Bertz CT molecular complexity index is 761. The van der Waals surface area contributed by atoms with E-state index < -0.39 is 0 Å². The van der Waals surface area contributed by atoms with Crippen LogP contribution in [0.4, 0.5) is 0 Å². The first-order chi connectivity index (χ1) is 10.6. The molecule has 1 saturated heterocycles. The molecule has 0 bridgehead atoms. The third-order valence-electron chi connectivity index (χ3n) is 5.30. The molecule has 3 heterocycles. The van der Waals surface area contributed by atoms with E-state index >= 15 is 0 Å². The fraction of sp³-hybridized carbons (Fsp3) is 0.647. The molecule has 23 heavy (non-hydrogen) atoms. The molecule has 2 aliphatic rings. The van der Waals surface area contributed by atoms with E-state index in [-0.39, 0.29) is 29.5 Å². The lowest BCUT2D eigenvalue weighted by Crippen LogP contribution is -3.00. The monoisotopic (exact) mass is 445 g/mol. The molecule has 1 aliphatic carbocycles. The Kier molecular flexibility index (Phi) is 5.13. The minimum absolute atomic E-state index is 0. The Morgan fingerprint density at radius 1 is 1.13 bits per heavy atom. The highest BCUT2D eigenvalue weighted by Crippen LogP contribution is 2.33. The third-order valence-corrected chi connectivity index (χ3v) is 6.49. The summed E-state index contributed by atoms with van der Waals surface area (Å²) in [5, 5.41) is 0.879. The van der Waals surface area contributed by atoms with Gasteiger partial charge in [-0.25, -0.2) is 4.98 Å². The molecule has 0 unspecified atom stereocenters. The Hall–Kier alpha value is -0.470. The predicted octanol–water partition coefficient (Wildman–Crippen LogP) is -0.00210. The standard InChI is InChI=1S/C17H23N3OS.HI/c1-20(9-5-2-6-10-20)11-14-18-16(21)15-12-7-3-4-8-13(12)22-17(15)19-14;/h2-11H2,1H3;1H. The van der Waals surface area contributed by atoms with Crippen LogP contribution in [0.1, 0.15) is 48.4 Å². The van der Waals surface area contributed by atoms with Crippen LogP contribution in [-0.4, -0.2) is 34.6 Å². The molecular formula is C17H24IN3OS. The summed E-state index contributed by atoms with van der Waals surface area (Å²) in [6.45, 7) is 3.25. The van der Waals surface area contributed by atoms with E-state index in [1.807, 2.05) is 0 Å². The number of rotatable bonds is 2. The maximum Gasteiger partial charge on any atom is 0.260 e. The number of fused-ring (bicyclic) bond motifs is 3. The summed E-state index contributed by atoms with van der Waals surface area (Å²) in [5.41, 5.74) is 1.37. The van der Waals surface area contributed by atoms with Crippen molar-refractivity contribution in [2.45, 2.75) is 51.5 Å². The van der Waals surface area contributed by atoms with E-state index in [0.29, 0.717) is 0 Å². The van der Waals surface area contributed by atoms with E-state index in [2.05, 4.69) is 12.0 Å². The highest BCUT2D eigenvalue weighted by molar-refractivity contribution is 7.18. The third kappa shape index (κ3) is 3.35. The molecule has 1 N–H and O–H groups in total. The van der Waals surface area contributed by atoms with Gasteiger partial charge < -0.3 is 33.4 Å². The van der Waals surface area contributed by atoms with Gasteiger partial charge in [0.25, 0.3) is 5.56 Å². The molecule has 1 fully saturated rings. The number of thiophene rings is 1. The number of nitrogens with one attached hydrogen (secondary N) is 1. The minimum atomic E-state index is 0. The zero-order valence-corrected chi connectivity index (χ0v) is 16.6. The van der Waals surface area contributed by atoms with E-state index in [0.717, 1.165) is 39.9 Å². The molecule has 6 heteroatoms. The number of halogens is 1. The molecular weight excluding hydrogens is 421 g/mol. The van der Waals surface area contributed by atoms with Crippen LogP contribution in [0.3, 0.4) is 0 Å². The predicted molar refractivity (Wildman–Crippen MR) is 90.4 cm³/mol. The van der Waals surface area contributed by atoms with Gasteiger partial charge in [0.05, 0.1) is 25.5 Å². The van der Waals surface area contributed by atoms with Gasteiger partial charge >= 0.3 is 0 Å². The van der Waals surface area contributed by atoms with Gasteiger partial charge in [-0.15, -0.1) is 11.3 Å². The van der Waals surface area contributed by atoms with Crippen molar-refractivity contribution in [3.8, 4) is 0 Å². The van der Waals surface area contributed by atoms with Gasteiger partial charge in [-0.2, -0.15) is 0 Å². The van der Waals surface area contributed by atoms with Crippen molar-refractivity contribution in [2.75, 3.05) is 20.1 Å². The fourth-order valence-corrected chi connectivity index (χ4v) is 5.36. The van der Waals surface area contributed by atoms with Crippen molar-refractivity contribution < 1.29 is 28.5 Å². The molecule has 0 spiro atoms. The van der Waals surface area contributed by atoms with Gasteiger partial charge in [-0.1, -0.05) is 0 Å². The van der Waals surface area contributed by atoms with Crippen molar-refractivity contribution in [2.24, 2.45) is 0 Å². The van der Waals surface area contributed by atoms with Gasteiger partial charge in [0.15, 0.2) is 5.82 Å². The van der Waals surface area contributed by atoms with Crippen LogP contribution in [0.2, 0.25) is 0 Å². The van der Waals surface area contributed by atoms with Crippen molar-refractivity contribution in [3.63, 3.8) is 0 Å². The number of quaternary nitrogens is 1. The smallest absolute Gasteiger partial charge is 0.260 e. The van der Waals surface area contributed by atoms with Gasteiger partial charge in [0.1, 0.15) is 11.4 Å². The average Bonchev–Trinajstić information content (AvgIpc) is 2.86. The zero-order chi connectivity index (χ0) is 15.2. The van der Waals surface area contributed by atoms with Crippen molar-refractivity contribution in [1.29, 1.82) is 0 Å². The first-order valence-corrected chi connectivity index (χ1v) is 9.33. The second kappa shape index (κ2) is 6.80. The number of nitrogens with zero attached hydrogens (tertiary/aromatic N) is 2. The van der Waals surface area contributed by atoms with Gasteiger partial charge in [0.2, 0.25) is 0 Å². The SMILES string of the molecule is C[N+]1(Cc2nc3sc4c(c3c(=O)[nH]2)CCCC4)CCCCC1.[I-]. The molecule has 2 aromatic rings. The number of piperidine rings is 1. The lowest BCUT2D eigenvalue weighted by atomic mass is 9.97. The normalized spacial score (nSPS) is 20.0. The second-order valence-electron chi connectivity index (χ2n) is 7.19. The number of hydrogen-bond donors (Lipinski definition) is 1. The van der Waals surface area contributed by atoms with Crippen LogP contribution < -0.4 is 29.5 Å². The zero-order valence-electron chi connectivity index (χ0n) is 13.7. The summed E-state index contributed by atoms with van der Waals surface area (Å²) in [6, 6.07) is 0. The number of aromatic nitrogens is 2. The van der Waals surface area contributed by atoms with Gasteiger partial charge in [0, 0.05) is 4.88 Å². The lowest BCUT2D eigenvalue weighted by molar-refractivity contribution is -0.927. The molecule has 0 amide bonds. The maximum atomic E-state index is 12.6. The summed E-state index contributed by atoms with van der Waals surface area (Å²) in [5.74, 6) is 0.875. The van der Waals surface area contributed by atoms with E-state index in [9.17, 15) is 4.79 Å². The molecule has 0 aromatic carbocycles.